The molecule has 0 spiro atoms. The summed E-state index contributed by atoms with van der Waals surface area (Å²) in [7, 11) is 0. The van der Waals surface area contributed by atoms with Gasteiger partial charge in [0.2, 0.25) is 0 Å². The fraction of sp³-hybridized carbons (Fsp3) is 1.00. The molecule has 2 rings (SSSR count). The van der Waals surface area contributed by atoms with E-state index in [9.17, 15) is 0 Å². The zero-order chi connectivity index (χ0) is 6.27. The summed E-state index contributed by atoms with van der Waals surface area (Å²) in [5.41, 5.74) is 5.72. The van der Waals surface area contributed by atoms with E-state index in [1.165, 1.54) is 25.9 Å². The van der Waals surface area contributed by atoms with Crippen LogP contribution in [0.3, 0.4) is 0 Å². The van der Waals surface area contributed by atoms with Crippen LogP contribution in [0.25, 0.3) is 0 Å². The van der Waals surface area contributed by atoms with Gasteiger partial charge in [-0.15, -0.1) is 0 Å². The van der Waals surface area contributed by atoms with Crippen LogP contribution in [-0.2, 0) is 0 Å². The highest BCUT2D eigenvalue weighted by molar-refractivity contribution is 4.97. The lowest BCUT2D eigenvalue weighted by molar-refractivity contribution is 0.497. The number of nitrogens with two attached hydrogens (primary N) is 1. The van der Waals surface area contributed by atoms with Crippen molar-refractivity contribution in [1.29, 1.82) is 0 Å². The summed E-state index contributed by atoms with van der Waals surface area (Å²) in [6.07, 6.45) is 2.64. The van der Waals surface area contributed by atoms with Crippen molar-refractivity contribution in [3.63, 3.8) is 0 Å². The van der Waals surface area contributed by atoms with Gasteiger partial charge in [0.05, 0.1) is 0 Å². The molecule has 1 aliphatic heterocycles. The number of hydrogen-bond acceptors (Lipinski definition) is 2. The first-order valence-electron chi connectivity index (χ1n) is 3.84. The highest BCUT2D eigenvalue weighted by Crippen LogP contribution is 2.38. The fourth-order valence-electron chi connectivity index (χ4n) is 1.82. The molecule has 3 atom stereocenters. The Labute approximate surface area is 55.8 Å². The zero-order valence-electron chi connectivity index (χ0n) is 5.64. The lowest BCUT2D eigenvalue weighted by Gasteiger charge is -2.03. The number of rotatable bonds is 1. The molecule has 0 amide bonds. The predicted molar refractivity (Wildman–Crippen MR) is 37.1 cm³/mol. The van der Waals surface area contributed by atoms with Crippen molar-refractivity contribution in [3.05, 3.63) is 0 Å². The molecule has 0 radical (unpaired) electrons. The van der Waals surface area contributed by atoms with E-state index in [1.807, 2.05) is 0 Å². The third kappa shape index (κ3) is 0.970. The second-order valence-electron chi connectivity index (χ2n) is 3.32. The molecule has 1 aliphatic carbocycles. The van der Waals surface area contributed by atoms with Gasteiger partial charge in [-0.3, -0.25) is 0 Å². The van der Waals surface area contributed by atoms with Crippen LogP contribution in [0, 0.1) is 11.8 Å². The van der Waals surface area contributed by atoms with E-state index in [4.69, 9.17) is 5.73 Å². The second kappa shape index (κ2) is 1.96. The smallest absolute Gasteiger partial charge is 0.00742 e. The third-order valence-electron chi connectivity index (χ3n) is 2.60. The number of hydrogen-bond donors (Lipinski definition) is 2. The van der Waals surface area contributed by atoms with E-state index in [2.05, 4.69) is 5.32 Å². The molecule has 2 fully saturated rings. The van der Waals surface area contributed by atoms with Crippen LogP contribution in [0.1, 0.15) is 12.8 Å². The van der Waals surface area contributed by atoms with Crippen LogP contribution >= 0.6 is 0 Å². The van der Waals surface area contributed by atoms with Gasteiger partial charge in [-0.05, 0) is 37.8 Å². The Kier molecular flexibility index (Phi) is 1.24. The fourth-order valence-corrected chi connectivity index (χ4v) is 1.82. The molecule has 1 saturated heterocycles. The summed E-state index contributed by atoms with van der Waals surface area (Å²) in [6, 6.07) is 0.551. The Hall–Kier alpha value is -0.0800. The van der Waals surface area contributed by atoms with Crippen LogP contribution in [0.15, 0.2) is 0 Å². The molecule has 0 aromatic carbocycles. The Balaban J connectivity index is 1.85. The highest BCUT2D eigenvalue weighted by atomic mass is 14.9. The average Bonchev–Trinajstić information content (AvgIpc) is 2.44. The minimum absolute atomic E-state index is 0.551. The van der Waals surface area contributed by atoms with Crippen LogP contribution in [0.5, 0.6) is 0 Å². The summed E-state index contributed by atoms with van der Waals surface area (Å²) in [5, 5.41) is 3.36. The van der Waals surface area contributed by atoms with Crippen molar-refractivity contribution in [2.24, 2.45) is 17.6 Å². The van der Waals surface area contributed by atoms with Crippen molar-refractivity contribution in [1.82, 2.24) is 5.32 Å². The van der Waals surface area contributed by atoms with E-state index >= 15 is 0 Å². The molecule has 3 unspecified atom stereocenters. The first-order valence-corrected chi connectivity index (χ1v) is 3.84. The minimum atomic E-state index is 0.551. The molecular formula is C7H14N2. The molecule has 2 nitrogen and oxygen atoms in total. The molecule has 2 heteroatoms. The van der Waals surface area contributed by atoms with Gasteiger partial charge >= 0.3 is 0 Å². The van der Waals surface area contributed by atoms with Crippen molar-refractivity contribution in [3.8, 4) is 0 Å². The van der Waals surface area contributed by atoms with Crippen LogP contribution in [-0.4, -0.2) is 19.1 Å². The molecule has 9 heavy (non-hydrogen) atoms. The van der Waals surface area contributed by atoms with Gasteiger partial charge in [-0.2, -0.15) is 0 Å². The van der Waals surface area contributed by atoms with Crippen molar-refractivity contribution < 1.29 is 0 Å². The number of nitrogens with one attached hydrogen (secondary N) is 1. The predicted octanol–water partition coefficient (Wildman–Crippen LogP) is -0.0569. The molecule has 1 saturated carbocycles. The summed E-state index contributed by atoms with van der Waals surface area (Å²) < 4.78 is 0. The standard InChI is InChI=1S/C7H14N2/c8-7-3-6(7)5-1-2-9-4-5/h5-7,9H,1-4,8H2. The lowest BCUT2D eigenvalue weighted by atomic mass is 10.0. The third-order valence-corrected chi connectivity index (χ3v) is 2.60. The Bertz CT molecular complexity index is 107. The van der Waals surface area contributed by atoms with E-state index in [1.54, 1.807) is 0 Å². The molecule has 0 bridgehead atoms. The van der Waals surface area contributed by atoms with E-state index in [0.29, 0.717) is 6.04 Å². The molecule has 0 aromatic rings. The largest absolute Gasteiger partial charge is 0.327 e. The molecule has 1 heterocycles. The van der Waals surface area contributed by atoms with E-state index in [-0.39, 0.29) is 0 Å². The monoisotopic (exact) mass is 126 g/mol. The zero-order valence-corrected chi connectivity index (χ0v) is 5.64. The van der Waals surface area contributed by atoms with Crippen LogP contribution < -0.4 is 11.1 Å². The van der Waals surface area contributed by atoms with Crippen LogP contribution in [0.2, 0.25) is 0 Å². The lowest BCUT2D eigenvalue weighted by Crippen LogP contribution is -2.14. The van der Waals surface area contributed by atoms with Gasteiger partial charge in [0, 0.05) is 6.04 Å². The quantitative estimate of drug-likeness (QED) is 0.516. The highest BCUT2D eigenvalue weighted by Gasteiger charge is 2.40. The van der Waals surface area contributed by atoms with Gasteiger partial charge < -0.3 is 11.1 Å². The van der Waals surface area contributed by atoms with E-state index in [0.717, 1.165) is 11.8 Å². The Morgan fingerprint density at radius 2 is 2.22 bits per heavy atom. The van der Waals surface area contributed by atoms with Gasteiger partial charge in [0.1, 0.15) is 0 Å². The maximum atomic E-state index is 5.72. The topological polar surface area (TPSA) is 38.0 Å². The van der Waals surface area contributed by atoms with E-state index < -0.39 is 0 Å². The van der Waals surface area contributed by atoms with Crippen molar-refractivity contribution in [2.75, 3.05) is 13.1 Å². The molecule has 2 aliphatic rings. The molecule has 52 valence electrons. The first-order chi connectivity index (χ1) is 4.38. The summed E-state index contributed by atoms with van der Waals surface area (Å²) >= 11 is 0. The SMILES string of the molecule is NC1CC1C1CCNC1. The van der Waals surface area contributed by atoms with Gasteiger partial charge in [-0.1, -0.05) is 0 Å². The van der Waals surface area contributed by atoms with Gasteiger partial charge in [0.15, 0.2) is 0 Å². The summed E-state index contributed by atoms with van der Waals surface area (Å²) in [5.74, 6) is 1.79. The molecule has 3 N–H and O–H groups in total. The Morgan fingerprint density at radius 1 is 1.44 bits per heavy atom. The van der Waals surface area contributed by atoms with Gasteiger partial charge in [0.25, 0.3) is 0 Å². The summed E-state index contributed by atoms with van der Waals surface area (Å²) in [4.78, 5) is 0. The van der Waals surface area contributed by atoms with Crippen molar-refractivity contribution in [2.45, 2.75) is 18.9 Å². The maximum absolute atomic E-state index is 5.72. The maximum Gasteiger partial charge on any atom is 0.00742 e. The average molecular weight is 126 g/mol. The van der Waals surface area contributed by atoms with Crippen molar-refractivity contribution >= 4 is 0 Å². The second-order valence-corrected chi connectivity index (χ2v) is 3.32. The van der Waals surface area contributed by atoms with Crippen LogP contribution in [0.4, 0.5) is 0 Å². The molecule has 0 aromatic heterocycles. The minimum Gasteiger partial charge on any atom is -0.327 e. The van der Waals surface area contributed by atoms with Gasteiger partial charge in [-0.25, -0.2) is 0 Å². The molecular weight excluding hydrogens is 112 g/mol. The first kappa shape index (κ1) is 5.69. The summed E-state index contributed by atoms with van der Waals surface area (Å²) in [6.45, 7) is 2.44. The Morgan fingerprint density at radius 3 is 2.67 bits per heavy atom. The normalized spacial score (nSPS) is 49.7.